The average Bonchev–Trinajstić information content (AvgIpc) is 3.08. The number of benzene rings is 1. The first-order valence-electron chi connectivity index (χ1n) is 6.25. The SMILES string of the molecule is Cc1c(C(=O)N/N=C/c2ccco2)oc2cccc(O)c12. The van der Waals surface area contributed by atoms with Crippen LogP contribution in [0.25, 0.3) is 11.0 Å². The highest BCUT2D eigenvalue weighted by molar-refractivity contribution is 6.00. The molecule has 0 aliphatic carbocycles. The zero-order chi connectivity index (χ0) is 14.8. The van der Waals surface area contributed by atoms with Crippen LogP contribution in [-0.2, 0) is 0 Å². The van der Waals surface area contributed by atoms with Gasteiger partial charge >= 0.3 is 5.91 Å². The molecular formula is C15H12N2O4. The van der Waals surface area contributed by atoms with Gasteiger partial charge in [0.05, 0.1) is 17.9 Å². The fourth-order valence-electron chi connectivity index (χ4n) is 2.07. The third kappa shape index (κ3) is 2.38. The fraction of sp³-hybridized carbons (Fsp3) is 0.0667. The number of rotatable bonds is 3. The molecule has 3 aromatic rings. The normalized spacial score (nSPS) is 11.3. The Bertz CT molecular complexity index is 816. The lowest BCUT2D eigenvalue weighted by atomic mass is 10.1. The van der Waals surface area contributed by atoms with Crippen molar-refractivity contribution in [2.75, 3.05) is 0 Å². The van der Waals surface area contributed by atoms with E-state index in [1.807, 2.05) is 0 Å². The van der Waals surface area contributed by atoms with E-state index >= 15 is 0 Å². The van der Waals surface area contributed by atoms with Gasteiger partial charge in [-0.3, -0.25) is 4.79 Å². The molecule has 3 rings (SSSR count). The Kier molecular flexibility index (Phi) is 3.19. The number of carbonyl (C=O) groups is 1. The number of amides is 1. The van der Waals surface area contributed by atoms with Crippen LogP contribution in [0.5, 0.6) is 5.75 Å². The third-order valence-electron chi connectivity index (χ3n) is 3.04. The molecule has 106 valence electrons. The minimum Gasteiger partial charge on any atom is -0.507 e. The number of aromatic hydroxyl groups is 1. The van der Waals surface area contributed by atoms with Crippen LogP contribution in [-0.4, -0.2) is 17.2 Å². The molecule has 0 bridgehead atoms. The molecule has 0 radical (unpaired) electrons. The van der Waals surface area contributed by atoms with E-state index in [9.17, 15) is 9.90 Å². The average molecular weight is 284 g/mol. The number of hydrogen-bond acceptors (Lipinski definition) is 5. The van der Waals surface area contributed by atoms with Crippen LogP contribution in [0.15, 0.2) is 50.5 Å². The summed E-state index contributed by atoms with van der Waals surface area (Å²) in [4.78, 5) is 12.0. The highest BCUT2D eigenvalue weighted by Crippen LogP contribution is 2.32. The van der Waals surface area contributed by atoms with Gasteiger partial charge in [0, 0.05) is 5.56 Å². The fourth-order valence-corrected chi connectivity index (χ4v) is 2.07. The van der Waals surface area contributed by atoms with Crippen LogP contribution in [0, 0.1) is 6.92 Å². The third-order valence-corrected chi connectivity index (χ3v) is 3.04. The van der Waals surface area contributed by atoms with Gasteiger partial charge < -0.3 is 13.9 Å². The monoisotopic (exact) mass is 284 g/mol. The second-order valence-electron chi connectivity index (χ2n) is 4.42. The number of fused-ring (bicyclic) bond motifs is 1. The van der Waals surface area contributed by atoms with E-state index in [0.29, 0.717) is 22.3 Å². The zero-order valence-corrected chi connectivity index (χ0v) is 11.2. The Hall–Kier alpha value is -3.02. The first-order valence-corrected chi connectivity index (χ1v) is 6.25. The van der Waals surface area contributed by atoms with Gasteiger partial charge in [-0.15, -0.1) is 0 Å². The van der Waals surface area contributed by atoms with Crippen molar-refractivity contribution >= 4 is 23.1 Å². The van der Waals surface area contributed by atoms with Crippen molar-refractivity contribution in [2.45, 2.75) is 6.92 Å². The summed E-state index contributed by atoms with van der Waals surface area (Å²) in [5.41, 5.74) is 3.37. The van der Waals surface area contributed by atoms with E-state index in [4.69, 9.17) is 8.83 Å². The summed E-state index contributed by atoms with van der Waals surface area (Å²) in [5.74, 6) is 0.218. The minimum atomic E-state index is -0.495. The molecule has 0 saturated heterocycles. The summed E-state index contributed by atoms with van der Waals surface area (Å²) in [5, 5.41) is 14.1. The molecule has 21 heavy (non-hydrogen) atoms. The Labute approximate surface area is 119 Å². The molecule has 2 N–H and O–H groups in total. The van der Waals surface area contributed by atoms with E-state index in [0.717, 1.165) is 0 Å². The number of furan rings is 2. The van der Waals surface area contributed by atoms with Crippen molar-refractivity contribution < 1.29 is 18.7 Å². The summed E-state index contributed by atoms with van der Waals surface area (Å²) in [6.07, 6.45) is 2.89. The van der Waals surface area contributed by atoms with Gasteiger partial charge in [-0.2, -0.15) is 5.10 Å². The first-order chi connectivity index (χ1) is 10.2. The van der Waals surface area contributed by atoms with E-state index in [-0.39, 0.29) is 11.5 Å². The minimum absolute atomic E-state index is 0.0758. The predicted molar refractivity (Wildman–Crippen MR) is 76.4 cm³/mol. The number of nitrogens with one attached hydrogen (secondary N) is 1. The van der Waals surface area contributed by atoms with Crippen LogP contribution in [0.3, 0.4) is 0 Å². The maximum Gasteiger partial charge on any atom is 0.307 e. The molecule has 0 aliphatic heterocycles. The van der Waals surface area contributed by atoms with Gasteiger partial charge in [0.25, 0.3) is 0 Å². The highest BCUT2D eigenvalue weighted by atomic mass is 16.4. The lowest BCUT2D eigenvalue weighted by Gasteiger charge is -1.96. The zero-order valence-electron chi connectivity index (χ0n) is 11.2. The Morgan fingerprint density at radius 1 is 1.33 bits per heavy atom. The molecule has 6 nitrogen and oxygen atoms in total. The van der Waals surface area contributed by atoms with Crippen LogP contribution in [0.4, 0.5) is 0 Å². The van der Waals surface area contributed by atoms with Gasteiger partial charge in [0.2, 0.25) is 0 Å². The molecule has 0 saturated carbocycles. The summed E-state index contributed by atoms with van der Waals surface area (Å²) in [6.45, 7) is 1.71. The Morgan fingerprint density at radius 3 is 2.90 bits per heavy atom. The molecule has 0 atom stereocenters. The van der Waals surface area contributed by atoms with Gasteiger partial charge in [-0.05, 0) is 31.2 Å². The predicted octanol–water partition coefficient (Wildman–Crippen LogP) is 2.80. The second kappa shape index (κ2) is 5.16. The van der Waals surface area contributed by atoms with Gasteiger partial charge in [0.15, 0.2) is 5.76 Å². The largest absolute Gasteiger partial charge is 0.507 e. The smallest absolute Gasteiger partial charge is 0.307 e. The van der Waals surface area contributed by atoms with E-state index in [1.165, 1.54) is 12.5 Å². The molecule has 0 spiro atoms. The van der Waals surface area contributed by atoms with Crippen molar-refractivity contribution in [3.8, 4) is 5.75 Å². The van der Waals surface area contributed by atoms with Crippen molar-refractivity contribution in [1.82, 2.24) is 5.43 Å². The molecule has 2 heterocycles. The van der Waals surface area contributed by atoms with Crippen molar-refractivity contribution in [3.63, 3.8) is 0 Å². The van der Waals surface area contributed by atoms with Crippen LogP contribution in [0.2, 0.25) is 0 Å². The summed E-state index contributed by atoms with van der Waals surface area (Å²) in [7, 11) is 0. The van der Waals surface area contributed by atoms with Crippen molar-refractivity contribution in [3.05, 3.63) is 53.7 Å². The number of nitrogens with zero attached hydrogens (tertiary/aromatic N) is 1. The number of carbonyl (C=O) groups excluding carboxylic acids is 1. The summed E-state index contributed by atoms with van der Waals surface area (Å²) in [6, 6.07) is 8.30. The summed E-state index contributed by atoms with van der Waals surface area (Å²) < 4.78 is 10.5. The quantitative estimate of drug-likeness (QED) is 0.571. The van der Waals surface area contributed by atoms with E-state index in [1.54, 1.807) is 37.3 Å². The highest BCUT2D eigenvalue weighted by Gasteiger charge is 2.19. The maximum absolute atomic E-state index is 12.0. The topological polar surface area (TPSA) is 88.0 Å². The summed E-state index contributed by atoms with van der Waals surface area (Å²) >= 11 is 0. The Balaban J connectivity index is 1.85. The molecule has 6 heteroatoms. The Morgan fingerprint density at radius 2 is 2.19 bits per heavy atom. The number of hydrogen-bond donors (Lipinski definition) is 2. The molecule has 0 fully saturated rings. The molecular weight excluding hydrogens is 272 g/mol. The molecule has 2 aromatic heterocycles. The second-order valence-corrected chi connectivity index (χ2v) is 4.42. The van der Waals surface area contributed by atoms with E-state index < -0.39 is 5.91 Å². The van der Waals surface area contributed by atoms with Crippen LogP contribution >= 0.6 is 0 Å². The molecule has 1 aromatic carbocycles. The number of aryl methyl sites for hydroxylation is 1. The van der Waals surface area contributed by atoms with Crippen LogP contribution < -0.4 is 5.43 Å². The molecule has 0 aliphatic rings. The van der Waals surface area contributed by atoms with Crippen molar-refractivity contribution in [2.24, 2.45) is 5.10 Å². The molecule has 0 unspecified atom stereocenters. The van der Waals surface area contributed by atoms with Gasteiger partial charge in [0.1, 0.15) is 17.1 Å². The van der Waals surface area contributed by atoms with Crippen LogP contribution in [0.1, 0.15) is 21.9 Å². The van der Waals surface area contributed by atoms with Gasteiger partial charge in [-0.1, -0.05) is 6.07 Å². The van der Waals surface area contributed by atoms with E-state index in [2.05, 4.69) is 10.5 Å². The number of phenolic OH excluding ortho intramolecular Hbond substituents is 1. The maximum atomic E-state index is 12.0. The standard InChI is InChI=1S/C15H12N2O4/c1-9-13-11(18)5-2-6-12(13)21-14(9)15(19)17-16-8-10-4-3-7-20-10/h2-8,18H,1H3,(H,17,19)/b16-8+. The number of phenols is 1. The number of hydrazone groups is 1. The molecule has 1 amide bonds. The lowest BCUT2D eigenvalue weighted by molar-refractivity contribution is 0.0929. The van der Waals surface area contributed by atoms with Gasteiger partial charge in [-0.25, -0.2) is 5.43 Å². The first kappa shape index (κ1) is 13.0. The lowest BCUT2D eigenvalue weighted by Crippen LogP contribution is -2.17. The van der Waals surface area contributed by atoms with Crippen molar-refractivity contribution in [1.29, 1.82) is 0 Å².